The number of hydrogen-bond donors (Lipinski definition) is 1. The lowest BCUT2D eigenvalue weighted by molar-refractivity contribution is -0.116. The van der Waals surface area contributed by atoms with Gasteiger partial charge in [0.1, 0.15) is 5.82 Å². The second kappa shape index (κ2) is 7.38. The van der Waals surface area contributed by atoms with Crippen molar-refractivity contribution in [2.24, 2.45) is 0 Å². The molecule has 0 aliphatic carbocycles. The lowest BCUT2D eigenvalue weighted by atomic mass is 10.1. The Kier molecular flexibility index (Phi) is 5.52. The zero-order valence-electron chi connectivity index (χ0n) is 10.9. The maximum atomic E-state index is 13.0. The SMILES string of the molecule is O=C(CCCc1ccccc1)Nc1ccc(F)cc1I. The first-order valence-electron chi connectivity index (χ1n) is 6.44. The van der Waals surface area contributed by atoms with E-state index < -0.39 is 0 Å². The molecule has 0 unspecified atom stereocenters. The van der Waals surface area contributed by atoms with Crippen LogP contribution in [0.25, 0.3) is 0 Å². The van der Waals surface area contributed by atoms with Crippen LogP contribution in [0.3, 0.4) is 0 Å². The van der Waals surface area contributed by atoms with Crippen LogP contribution in [0.2, 0.25) is 0 Å². The van der Waals surface area contributed by atoms with Crippen LogP contribution in [-0.2, 0) is 11.2 Å². The Morgan fingerprint density at radius 3 is 2.60 bits per heavy atom. The van der Waals surface area contributed by atoms with Gasteiger partial charge in [-0.25, -0.2) is 4.39 Å². The molecule has 0 bridgehead atoms. The van der Waals surface area contributed by atoms with Crippen LogP contribution in [0.15, 0.2) is 48.5 Å². The molecule has 0 heterocycles. The van der Waals surface area contributed by atoms with Crippen molar-refractivity contribution in [1.29, 1.82) is 0 Å². The number of nitrogens with one attached hydrogen (secondary N) is 1. The summed E-state index contributed by atoms with van der Waals surface area (Å²) in [4.78, 5) is 11.8. The predicted molar refractivity (Wildman–Crippen MR) is 87.1 cm³/mol. The first-order valence-corrected chi connectivity index (χ1v) is 7.52. The van der Waals surface area contributed by atoms with Crippen LogP contribution in [0.5, 0.6) is 0 Å². The molecule has 0 atom stereocenters. The molecular weight excluding hydrogens is 368 g/mol. The number of carbonyl (C=O) groups is 1. The Morgan fingerprint density at radius 2 is 1.90 bits per heavy atom. The summed E-state index contributed by atoms with van der Waals surface area (Å²) in [5.74, 6) is -0.332. The standard InChI is InChI=1S/C16H15FINO/c17-13-9-10-15(14(18)11-13)19-16(20)8-4-7-12-5-2-1-3-6-12/h1-3,5-6,9-11H,4,7-8H2,(H,19,20). The smallest absolute Gasteiger partial charge is 0.224 e. The molecule has 2 rings (SSSR count). The largest absolute Gasteiger partial charge is 0.325 e. The summed E-state index contributed by atoms with van der Waals surface area (Å²) >= 11 is 2.01. The highest BCUT2D eigenvalue weighted by atomic mass is 127. The summed E-state index contributed by atoms with van der Waals surface area (Å²) in [6.07, 6.45) is 2.14. The highest BCUT2D eigenvalue weighted by Gasteiger charge is 2.06. The second-order valence-corrected chi connectivity index (χ2v) is 5.67. The van der Waals surface area contributed by atoms with Crippen molar-refractivity contribution in [2.45, 2.75) is 19.3 Å². The van der Waals surface area contributed by atoms with Crippen molar-refractivity contribution in [1.82, 2.24) is 0 Å². The van der Waals surface area contributed by atoms with E-state index in [4.69, 9.17) is 0 Å². The summed E-state index contributed by atoms with van der Waals surface area (Å²) in [5.41, 5.74) is 1.90. The minimum atomic E-state index is -0.295. The van der Waals surface area contributed by atoms with Gasteiger partial charge in [-0.1, -0.05) is 30.3 Å². The summed E-state index contributed by atoms with van der Waals surface area (Å²) in [6, 6.07) is 14.4. The molecular formula is C16H15FINO. The van der Waals surface area contributed by atoms with Crippen molar-refractivity contribution in [3.8, 4) is 0 Å². The fourth-order valence-corrected chi connectivity index (χ4v) is 2.51. The first-order chi connectivity index (χ1) is 9.65. The highest BCUT2D eigenvalue weighted by Crippen LogP contribution is 2.19. The third kappa shape index (κ3) is 4.59. The molecule has 0 aliphatic heterocycles. The van der Waals surface area contributed by atoms with Crippen molar-refractivity contribution in [3.05, 3.63) is 63.5 Å². The Labute approximate surface area is 131 Å². The number of benzene rings is 2. The average molecular weight is 383 g/mol. The maximum Gasteiger partial charge on any atom is 0.224 e. The summed E-state index contributed by atoms with van der Waals surface area (Å²) in [6.45, 7) is 0. The molecule has 0 aromatic heterocycles. The van der Waals surface area contributed by atoms with Crippen molar-refractivity contribution in [3.63, 3.8) is 0 Å². The van der Waals surface area contributed by atoms with E-state index in [1.807, 2.05) is 40.8 Å². The van der Waals surface area contributed by atoms with E-state index in [2.05, 4.69) is 17.4 Å². The first kappa shape index (κ1) is 15.0. The third-order valence-corrected chi connectivity index (χ3v) is 3.81. The van der Waals surface area contributed by atoms with Crippen LogP contribution in [0.1, 0.15) is 18.4 Å². The van der Waals surface area contributed by atoms with Gasteiger partial charge in [-0.15, -0.1) is 0 Å². The van der Waals surface area contributed by atoms with Gasteiger partial charge in [-0.2, -0.15) is 0 Å². The topological polar surface area (TPSA) is 29.1 Å². The van der Waals surface area contributed by atoms with E-state index in [0.29, 0.717) is 15.7 Å². The molecule has 0 spiro atoms. The minimum absolute atomic E-state index is 0.0366. The van der Waals surface area contributed by atoms with E-state index in [0.717, 1.165) is 12.8 Å². The minimum Gasteiger partial charge on any atom is -0.325 e. The lowest BCUT2D eigenvalue weighted by Crippen LogP contribution is -2.12. The van der Waals surface area contributed by atoms with Crippen molar-refractivity contribution >= 4 is 34.2 Å². The van der Waals surface area contributed by atoms with Crippen LogP contribution >= 0.6 is 22.6 Å². The number of anilines is 1. The molecule has 20 heavy (non-hydrogen) atoms. The van der Waals surface area contributed by atoms with Crippen LogP contribution in [-0.4, -0.2) is 5.91 Å². The van der Waals surface area contributed by atoms with Crippen LogP contribution in [0, 0.1) is 9.39 Å². The van der Waals surface area contributed by atoms with Gasteiger partial charge >= 0.3 is 0 Å². The number of carbonyl (C=O) groups excluding carboxylic acids is 1. The zero-order valence-corrected chi connectivity index (χ0v) is 13.1. The second-order valence-electron chi connectivity index (χ2n) is 4.51. The zero-order chi connectivity index (χ0) is 14.4. The molecule has 1 N–H and O–H groups in total. The Hall–Kier alpha value is -1.43. The number of amides is 1. The summed E-state index contributed by atoms with van der Waals surface area (Å²) in [5, 5.41) is 2.81. The molecule has 2 nitrogen and oxygen atoms in total. The molecule has 0 fully saturated rings. The van der Waals surface area contributed by atoms with Gasteiger partial charge in [0.2, 0.25) is 5.91 Å². The van der Waals surface area contributed by atoms with E-state index >= 15 is 0 Å². The number of rotatable bonds is 5. The van der Waals surface area contributed by atoms with Gasteiger partial charge in [-0.3, -0.25) is 4.79 Å². The normalized spacial score (nSPS) is 10.3. The van der Waals surface area contributed by atoms with E-state index in [-0.39, 0.29) is 11.7 Å². The van der Waals surface area contributed by atoms with Gasteiger partial charge < -0.3 is 5.32 Å². The molecule has 0 saturated heterocycles. The van der Waals surface area contributed by atoms with E-state index in [9.17, 15) is 9.18 Å². The van der Waals surface area contributed by atoms with Crippen LogP contribution < -0.4 is 5.32 Å². The molecule has 2 aromatic rings. The van der Waals surface area contributed by atoms with Crippen molar-refractivity contribution < 1.29 is 9.18 Å². The van der Waals surface area contributed by atoms with Gasteiger partial charge in [0, 0.05) is 9.99 Å². The van der Waals surface area contributed by atoms with Crippen LogP contribution in [0.4, 0.5) is 10.1 Å². The third-order valence-electron chi connectivity index (χ3n) is 2.92. The molecule has 4 heteroatoms. The van der Waals surface area contributed by atoms with Gasteiger partial charge in [0.15, 0.2) is 0 Å². The van der Waals surface area contributed by atoms with Gasteiger partial charge in [-0.05, 0) is 59.2 Å². The lowest BCUT2D eigenvalue weighted by Gasteiger charge is -2.07. The Morgan fingerprint density at radius 1 is 1.15 bits per heavy atom. The van der Waals surface area contributed by atoms with Gasteiger partial charge in [0.05, 0.1) is 5.69 Å². The van der Waals surface area contributed by atoms with E-state index in [1.54, 1.807) is 6.07 Å². The molecule has 0 aliphatic rings. The molecule has 0 radical (unpaired) electrons. The monoisotopic (exact) mass is 383 g/mol. The molecule has 2 aromatic carbocycles. The maximum absolute atomic E-state index is 13.0. The highest BCUT2D eigenvalue weighted by molar-refractivity contribution is 14.1. The van der Waals surface area contributed by atoms with E-state index in [1.165, 1.54) is 17.7 Å². The fraction of sp³-hybridized carbons (Fsp3) is 0.188. The predicted octanol–water partition coefficient (Wildman–Crippen LogP) is 4.39. The number of halogens is 2. The summed E-state index contributed by atoms with van der Waals surface area (Å²) < 4.78 is 13.7. The molecule has 1 amide bonds. The average Bonchev–Trinajstić information content (AvgIpc) is 2.43. The fourth-order valence-electron chi connectivity index (χ4n) is 1.90. The Bertz CT molecular complexity index is 586. The Balaban J connectivity index is 1.81. The number of aryl methyl sites for hydroxylation is 1. The molecule has 104 valence electrons. The quantitative estimate of drug-likeness (QED) is 0.763. The molecule has 0 saturated carbocycles. The summed E-state index contributed by atoms with van der Waals surface area (Å²) in [7, 11) is 0. The van der Waals surface area contributed by atoms with Crippen molar-refractivity contribution in [2.75, 3.05) is 5.32 Å². The van der Waals surface area contributed by atoms with Gasteiger partial charge in [0.25, 0.3) is 0 Å². The number of hydrogen-bond acceptors (Lipinski definition) is 1.